The van der Waals surface area contributed by atoms with Crippen LogP contribution in [0.2, 0.25) is 0 Å². The highest BCUT2D eigenvalue weighted by atomic mass is 32.2. The second kappa shape index (κ2) is 8.89. The van der Waals surface area contributed by atoms with Crippen LogP contribution in [0.4, 0.5) is 0 Å². The Morgan fingerprint density at radius 1 is 1.35 bits per heavy atom. The van der Waals surface area contributed by atoms with Gasteiger partial charge in [0.15, 0.2) is 9.84 Å². The summed E-state index contributed by atoms with van der Waals surface area (Å²) in [5.41, 5.74) is 0. The van der Waals surface area contributed by atoms with Gasteiger partial charge in [0.05, 0.1) is 6.61 Å². The normalized spacial score (nSPS) is 20.8. The SMILES string of the molecule is CCOC(=O)CCCCCN1CCSCC1S(C)(=O)=O. The summed E-state index contributed by atoms with van der Waals surface area (Å²) >= 11 is 1.70. The van der Waals surface area contributed by atoms with E-state index in [9.17, 15) is 13.2 Å². The number of ether oxygens (including phenoxy) is 1. The minimum Gasteiger partial charge on any atom is -0.466 e. The minimum atomic E-state index is -3.01. The van der Waals surface area contributed by atoms with Gasteiger partial charge in [0.25, 0.3) is 0 Å². The smallest absolute Gasteiger partial charge is 0.305 e. The van der Waals surface area contributed by atoms with E-state index in [4.69, 9.17) is 4.74 Å². The Kier molecular flexibility index (Phi) is 7.91. The van der Waals surface area contributed by atoms with E-state index in [-0.39, 0.29) is 11.3 Å². The highest BCUT2D eigenvalue weighted by Crippen LogP contribution is 2.20. The minimum absolute atomic E-state index is 0.143. The number of nitrogens with zero attached hydrogens (tertiary/aromatic N) is 1. The van der Waals surface area contributed by atoms with Gasteiger partial charge in [-0.15, -0.1) is 0 Å². The third-order valence-corrected chi connectivity index (χ3v) is 6.00. The predicted molar refractivity (Wildman–Crippen MR) is 82.6 cm³/mol. The summed E-state index contributed by atoms with van der Waals surface area (Å²) in [7, 11) is -3.01. The van der Waals surface area contributed by atoms with Crippen molar-refractivity contribution < 1.29 is 17.9 Å². The largest absolute Gasteiger partial charge is 0.466 e. The zero-order valence-electron chi connectivity index (χ0n) is 12.3. The van der Waals surface area contributed by atoms with Crippen LogP contribution < -0.4 is 0 Å². The molecule has 0 aliphatic carbocycles. The molecule has 0 spiro atoms. The molecule has 1 rings (SSSR count). The van der Waals surface area contributed by atoms with Crippen LogP contribution >= 0.6 is 11.8 Å². The molecule has 5 nitrogen and oxygen atoms in total. The first-order chi connectivity index (χ1) is 9.45. The molecular formula is C13H25NO4S2. The first-order valence-corrected chi connectivity index (χ1v) is 10.2. The van der Waals surface area contributed by atoms with Crippen LogP contribution in [0.15, 0.2) is 0 Å². The first kappa shape index (κ1) is 17.8. The van der Waals surface area contributed by atoms with Crippen LogP contribution in [-0.4, -0.2) is 62.1 Å². The fraction of sp³-hybridized carbons (Fsp3) is 0.923. The molecule has 1 saturated heterocycles. The van der Waals surface area contributed by atoms with Gasteiger partial charge >= 0.3 is 5.97 Å². The lowest BCUT2D eigenvalue weighted by molar-refractivity contribution is -0.143. The Morgan fingerprint density at radius 2 is 2.10 bits per heavy atom. The third-order valence-electron chi connectivity index (χ3n) is 3.32. The van der Waals surface area contributed by atoms with E-state index in [0.717, 1.165) is 38.1 Å². The molecule has 0 saturated carbocycles. The highest BCUT2D eigenvalue weighted by molar-refractivity contribution is 8.00. The lowest BCUT2D eigenvalue weighted by Crippen LogP contribution is -2.47. The zero-order valence-corrected chi connectivity index (χ0v) is 14.0. The highest BCUT2D eigenvalue weighted by Gasteiger charge is 2.30. The number of hydrogen-bond acceptors (Lipinski definition) is 6. The molecule has 0 amide bonds. The number of esters is 1. The van der Waals surface area contributed by atoms with Crippen LogP contribution in [0.25, 0.3) is 0 Å². The maximum Gasteiger partial charge on any atom is 0.305 e. The van der Waals surface area contributed by atoms with Crippen LogP contribution in [0, 0.1) is 0 Å². The van der Waals surface area contributed by atoms with Crippen molar-refractivity contribution in [2.24, 2.45) is 0 Å². The summed E-state index contributed by atoms with van der Waals surface area (Å²) in [6.45, 7) is 3.86. The molecular weight excluding hydrogens is 298 g/mol. The molecule has 1 atom stereocenters. The second-order valence-corrected chi connectivity index (χ2v) is 8.36. The van der Waals surface area contributed by atoms with Gasteiger partial charge < -0.3 is 4.74 Å². The third kappa shape index (κ3) is 6.45. The summed E-state index contributed by atoms with van der Waals surface area (Å²) in [5, 5.41) is -0.341. The molecule has 0 aromatic rings. The first-order valence-electron chi connectivity index (χ1n) is 7.11. The van der Waals surface area contributed by atoms with Gasteiger partial charge in [-0.1, -0.05) is 6.42 Å². The second-order valence-electron chi connectivity index (χ2n) is 5.01. The standard InChI is InChI=1S/C13H25NO4S2/c1-3-18-13(15)7-5-4-6-8-14-9-10-19-11-12(14)20(2,16)17/h12H,3-11H2,1-2H3. The molecule has 118 valence electrons. The van der Waals surface area contributed by atoms with Crippen molar-refractivity contribution in [3.63, 3.8) is 0 Å². The zero-order chi connectivity index (χ0) is 15.0. The van der Waals surface area contributed by atoms with E-state index in [1.807, 2.05) is 0 Å². The van der Waals surface area contributed by atoms with E-state index < -0.39 is 9.84 Å². The summed E-state index contributed by atoms with van der Waals surface area (Å²) in [5.74, 6) is 1.52. The Labute approximate surface area is 126 Å². The monoisotopic (exact) mass is 323 g/mol. The summed E-state index contributed by atoms with van der Waals surface area (Å²) in [6.07, 6.45) is 4.44. The molecule has 0 aromatic heterocycles. The van der Waals surface area contributed by atoms with E-state index in [0.29, 0.717) is 18.8 Å². The molecule has 1 heterocycles. The van der Waals surface area contributed by atoms with E-state index in [1.54, 1.807) is 18.7 Å². The summed E-state index contributed by atoms with van der Waals surface area (Å²) < 4.78 is 28.3. The molecule has 1 fully saturated rings. The predicted octanol–water partition coefficient (Wildman–Crippen LogP) is 1.53. The quantitative estimate of drug-likeness (QED) is 0.499. The Morgan fingerprint density at radius 3 is 2.75 bits per heavy atom. The molecule has 0 N–H and O–H groups in total. The maximum atomic E-state index is 11.7. The van der Waals surface area contributed by atoms with Crippen molar-refractivity contribution >= 4 is 27.6 Å². The van der Waals surface area contributed by atoms with Crippen molar-refractivity contribution in [1.82, 2.24) is 4.90 Å². The van der Waals surface area contributed by atoms with Gasteiger partial charge in [0, 0.05) is 30.7 Å². The average Bonchev–Trinajstić information content (AvgIpc) is 2.38. The Hall–Kier alpha value is -0.270. The van der Waals surface area contributed by atoms with Crippen LogP contribution in [-0.2, 0) is 19.4 Å². The van der Waals surface area contributed by atoms with Gasteiger partial charge in [0.1, 0.15) is 5.37 Å². The topological polar surface area (TPSA) is 63.7 Å². The molecule has 0 radical (unpaired) electrons. The molecule has 0 aromatic carbocycles. The molecule has 1 aliphatic rings. The van der Waals surface area contributed by atoms with Crippen molar-refractivity contribution in [3.05, 3.63) is 0 Å². The van der Waals surface area contributed by atoms with Gasteiger partial charge in [-0.2, -0.15) is 11.8 Å². The maximum absolute atomic E-state index is 11.7. The Balaban J connectivity index is 2.24. The van der Waals surface area contributed by atoms with Crippen molar-refractivity contribution in [1.29, 1.82) is 0 Å². The molecule has 20 heavy (non-hydrogen) atoms. The number of carbonyl (C=O) groups excluding carboxylic acids is 1. The molecule has 1 aliphatic heterocycles. The number of sulfone groups is 1. The molecule has 0 bridgehead atoms. The van der Waals surface area contributed by atoms with Gasteiger partial charge in [0.2, 0.25) is 0 Å². The lowest BCUT2D eigenvalue weighted by atomic mass is 10.2. The van der Waals surface area contributed by atoms with Crippen LogP contribution in [0.3, 0.4) is 0 Å². The van der Waals surface area contributed by atoms with Crippen LogP contribution in [0.1, 0.15) is 32.6 Å². The average molecular weight is 323 g/mol. The number of hydrogen-bond donors (Lipinski definition) is 0. The van der Waals surface area contributed by atoms with Gasteiger partial charge in [-0.05, 0) is 26.3 Å². The Bertz CT molecular complexity index is 397. The summed E-state index contributed by atoms with van der Waals surface area (Å²) in [6, 6.07) is 0. The van der Waals surface area contributed by atoms with E-state index in [2.05, 4.69) is 4.90 Å². The van der Waals surface area contributed by atoms with Crippen molar-refractivity contribution in [2.45, 2.75) is 38.0 Å². The fourth-order valence-electron chi connectivity index (χ4n) is 2.26. The molecule has 1 unspecified atom stereocenters. The van der Waals surface area contributed by atoms with Crippen LogP contribution in [0.5, 0.6) is 0 Å². The summed E-state index contributed by atoms with van der Waals surface area (Å²) in [4.78, 5) is 13.2. The number of unbranched alkanes of at least 4 members (excludes halogenated alkanes) is 2. The van der Waals surface area contributed by atoms with Crippen molar-refractivity contribution in [3.8, 4) is 0 Å². The van der Waals surface area contributed by atoms with Crippen molar-refractivity contribution in [2.75, 3.05) is 37.5 Å². The van der Waals surface area contributed by atoms with E-state index >= 15 is 0 Å². The molecule has 7 heteroatoms. The number of thioether (sulfide) groups is 1. The number of carbonyl (C=O) groups is 1. The number of rotatable bonds is 8. The van der Waals surface area contributed by atoms with Gasteiger partial charge in [-0.25, -0.2) is 8.42 Å². The fourth-order valence-corrected chi connectivity index (χ4v) is 5.23. The van der Waals surface area contributed by atoms with Gasteiger partial charge in [-0.3, -0.25) is 9.69 Å². The van der Waals surface area contributed by atoms with E-state index in [1.165, 1.54) is 6.26 Å². The lowest BCUT2D eigenvalue weighted by Gasteiger charge is -2.33.